The van der Waals surface area contributed by atoms with Crippen LogP contribution in [0.5, 0.6) is 0 Å². The normalized spacial score (nSPS) is 11.5. The van der Waals surface area contributed by atoms with Crippen molar-refractivity contribution in [3.63, 3.8) is 0 Å². The molecule has 140 valence electrons. The smallest absolute Gasteiger partial charge is 0.259 e. The molecule has 5 heteroatoms. The summed E-state index contributed by atoms with van der Waals surface area (Å²) in [5.41, 5.74) is 4.55. The van der Waals surface area contributed by atoms with Crippen LogP contribution in [0.15, 0.2) is 48.7 Å². The Morgan fingerprint density at radius 1 is 1.04 bits per heavy atom. The molecule has 3 aromatic rings. The molecule has 2 aromatic carbocycles. The number of rotatable bonds is 3. The van der Waals surface area contributed by atoms with Crippen LogP contribution in [0.4, 0.5) is 10.1 Å². The summed E-state index contributed by atoms with van der Waals surface area (Å²) in [5.74, 6) is -0.560. The van der Waals surface area contributed by atoms with Gasteiger partial charge in [-0.3, -0.25) is 9.48 Å². The number of carbonyl (C=O) groups is 1. The van der Waals surface area contributed by atoms with E-state index in [9.17, 15) is 9.18 Å². The standard InChI is InChI=1S/C22H24FN3O/c1-14-6-11-18(12-15(14)2)25-21(27)19-13-24-26(22(3,4)5)20(19)16-7-9-17(23)10-8-16/h6-13H,1-5H3,(H,25,27). The number of aromatic nitrogens is 2. The van der Waals surface area contributed by atoms with Crippen LogP contribution in [0, 0.1) is 19.7 Å². The molecule has 0 bridgehead atoms. The van der Waals surface area contributed by atoms with Crippen LogP contribution in [0.2, 0.25) is 0 Å². The summed E-state index contributed by atoms with van der Waals surface area (Å²) in [4.78, 5) is 13.0. The summed E-state index contributed by atoms with van der Waals surface area (Å²) >= 11 is 0. The van der Waals surface area contributed by atoms with Gasteiger partial charge in [0.05, 0.1) is 23.0 Å². The molecule has 1 N–H and O–H groups in total. The van der Waals surface area contributed by atoms with Crippen molar-refractivity contribution in [2.45, 2.75) is 40.2 Å². The average Bonchev–Trinajstić information content (AvgIpc) is 3.04. The van der Waals surface area contributed by atoms with E-state index in [2.05, 4.69) is 10.4 Å². The molecule has 0 saturated carbocycles. The first kappa shape index (κ1) is 18.8. The molecular weight excluding hydrogens is 341 g/mol. The number of anilines is 1. The quantitative estimate of drug-likeness (QED) is 0.683. The molecule has 0 spiro atoms. The Morgan fingerprint density at radius 2 is 1.70 bits per heavy atom. The Kier molecular flexibility index (Phi) is 4.87. The zero-order valence-electron chi connectivity index (χ0n) is 16.3. The minimum absolute atomic E-state index is 0.243. The van der Waals surface area contributed by atoms with E-state index in [-0.39, 0.29) is 17.3 Å². The first-order valence-electron chi connectivity index (χ1n) is 8.90. The van der Waals surface area contributed by atoms with Crippen molar-refractivity contribution in [3.05, 3.63) is 71.2 Å². The summed E-state index contributed by atoms with van der Waals surface area (Å²) in [6.07, 6.45) is 1.57. The van der Waals surface area contributed by atoms with Crippen molar-refractivity contribution in [1.29, 1.82) is 0 Å². The summed E-state index contributed by atoms with van der Waals surface area (Å²) in [5, 5.41) is 7.39. The molecule has 0 atom stereocenters. The third kappa shape index (κ3) is 3.92. The molecule has 1 amide bonds. The first-order valence-corrected chi connectivity index (χ1v) is 8.90. The fourth-order valence-electron chi connectivity index (χ4n) is 2.93. The van der Waals surface area contributed by atoms with E-state index < -0.39 is 0 Å². The van der Waals surface area contributed by atoms with Crippen LogP contribution in [0.25, 0.3) is 11.3 Å². The fraction of sp³-hybridized carbons (Fsp3) is 0.273. The highest BCUT2D eigenvalue weighted by atomic mass is 19.1. The second kappa shape index (κ2) is 6.99. The number of nitrogens with one attached hydrogen (secondary N) is 1. The first-order chi connectivity index (χ1) is 12.7. The number of aryl methyl sites for hydroxylation is 2. The van der Waals surface area contributed by atoms with Gasteiger partial charge in [0.2, 0.25) is 0 Å². The molecular formula is C22H24FN3O. The molecule has 3 rings (SSSR count). The lowest BCUT2D eigenvalue weighted by atomic mass is 10.0. The predicted molar refractivity (Wildman–Crippen MR) is 106 cm³/mol. The van der Waals surface area contributed by atoms with Crippen molar-refractivity contribution in [2.24, 2.45) is 0 Å². The van der Waals surface area contributed by atoms with Gasteiger partial charge in [-0.1, -0.05) is 6.07 Å². The predicted octanol–water partition coefficient (Wildman–Crippen LogP) is 5.31. The minimum atomic E-state index is -0.331. The maximum atomic E-state index is 13.4. The van der Waals surface area contributed by atoms with Crippen molar-refractivity contribution in [3.8, 4) is 11.3 Å². The number of benzene rings is 2. The summed E-state index contributed by atoms with van der Waals surface area (Å²) in [7, 11) is 0. The van der Waals surface area contributed by atoms with Crippen molar-refractivity contribution >= 4 is 11.6 Å². The van der Waals surface area contributed by atoms with E-state index in [0.29, 0.717) is 11.3 Å². The van der Waals surface area contributed by atoms with Crippen LogP contribution >= 0.6 is 0 Å². The van der Waals surface area contributed by atoms with Gasteiger partial charge in [-0.15, -0.1) is 0 Å². The second-order valence-corrected chi connectivity index (χ2v) is 7.75. The molecule has 0 radical (unpaired) electrons. The van der Waals surface area contributed by atoms with Gasteiger partial charge >= 0.3 is 0 Å². The van der Waals surface area contributed by atoms with Crippen molar-refractivity contribution in [2.75, 3.05) is 5.32 Å². The Morgan fingerprint density at radius 3 is 2.30 bits per heavy atom. The molecule has 0 aliphatic rings. The van der Waals surface area contributed by atoms with E-state index >= 15 is 0 Å². The molecule has 0 aliphatic carbocycles. The Hall–Kier alpha value is -2.95. The number of carbonyl (C=O) groups excluding carboxylic acids is 1. The van der Waals surface area contributed by atoms with Gasteiger partial charge in [-0.05, 0) is 82.1 Å². The highest BCUT2D eigenvalue weighted by molar-refractivity contribution is 6.08. The third-order valence-corrected chi connectivity index (χ3v) is 4.53. The van der Waals surface area contributed by atoms with Gasteiger partial charge in [0, 0.05) is 11.3 Å². The maximum absolute atomic E-state index is 13.4. The number of halogens is 1. The van der Waals surface area contributed by atoms with Gasteiger partial charge in [0.1, 0.15) is 5.82 Å². The molecule has 0 fully saturated rings. The van der Waals surface area contributed by atoms with E-state index in [4.69, 9.17) is 0 Å². The van der Waals surface area contributed by atoms with E-state index in [1.54, 1.807) is 23.0 Å². The Balaban J connectivity index is 2.04. The molecule has 0 unspecified atom stereocenters. The van der Waals surface area contributed by atoms with E-state index in [0.717, 1.165) is 16.8 Å². The van der Waals surface area contributed by atoms with E-state index in [1.807, 2.05) is 52.8 Å². The van der Waals surface area contributed by atoms with Crippen LogP contribution in [0.3, 0.4) is 0 Å². The van der Waals surface area contributed by atoms with E-state index in [1.165, 1.54) is 17.7 Å². The van der Waals surface area contributed by atoms with Crippen molar-refractivity contribution < 1.29 is 9.18 Å². The Bertz CT molecular complexity index is 982. The molecule has 27 heavy (non-hydrogen) atoms. The maximum Gasteiger partial charge on any atom is 0.259 e. The Labute approximate surface area is 159 Å². The van der Waals surface area contributed by atoms with Gasteiger partial charge in [-0.25, -0.2) is 4.39 Å². The third-order valence-electron chi connectivity index (χ3n) is 4.53. The number of nitrogens with zero attached hydrogens (tertiary/aromatic N) is 2. The number of amides is 1. The molecule has 1 aromatic heterocycles. The number of hydrogen-bond donors (Lipinski definition) is 1. The molecule has 1 heterocycles. The van der Waals surface area contributed by atoms with Gasteiger partial charge in [-0.2, -0.15) is 5.10 Å². The number of hydrogen-bond acceptors (Lipinski definition) is 2. The summed E-state index contributed by atoms with van der Waals surface area (Å²) < 4.78 is 15.2. The topological polar surface area (TPSA) is 46.9 Å². The van der Waals surface area contributed by atoms with Crippen LogP contribution < -0.4 is 5.32 Å². The zero-order chi connectivity index (χ0) is 19.8. The lowest BCUT2D eigenvalue weighted by molar-refractivity contribution is 0.102. The largest absolute Gasteiger partial charge is 0.322 e. The van der Waals surface area contributed by atoms with Crippen LogP contribution in [-0.4, -0.2) is 15.7 Å². The highest BCUT2D eigenvalue weighted by Gasteiger charge is 2.25. The van der Waals surface area contributed by atoms with Gasteiger partial charge in [0.25, 0.3) is 5.91 Å². The van der Waals surface area contributed by atoms with Gasteiger partial charge in [0.15, 0.2) is 0 Å². The summed E-state index contributed by atoms with van der Waals surface area (Å²) in [6, 6.07) is 11.9. The van der Waals surface area contributed by atoms with Crippen LogP contribution in [-0.2, 0) is 5.54 Å². The molecule has 0 saturated heterocycles. The van der Waals surface area contributed by atoms with Crippen molar-refractivity contribution in [1.82, 2.24) is 9.78 Å². The average molecular weight is 365 g/mol. The second-order valence-electron chi connectivity index (χ2n) is 7.75. The molecule has 4 nitrogen and oxygen atoms in total. The lowest BCUT2D eigenvalue weighted by Gasteiger charge is -2.23. The van der Waals surface area contributed by atoms with Crippen LogP contribution in [0.1, 0.15) is 42.3 Å². The zero-order valence-corrected chi connectivity index (χ0v) is 16.3. The molecule has 0 aliphatic heterocycles. The lowest BCUT2D eigenvalue weighted by Crippen LogP contribution is -2.24. The van der Waals surface area contributed by atoms with Gasteiger partial charge < -0.3 is 5.32 Å². The summed E-state index contributed by atoms with van der Waals surface area (Å²) in [6.45, 7) is 10.1. The monoisotopic (exact) mass is 365 g/mol. The highest BCUT2D eigenvalue weighted by Crippen LogP contribution is 2.30. The fourth-order valence-corrected chi connectivity index (χ4v) is 2.93. The minimum Gasteiger partial charge on any atom is -0.322 e. The SMILES string of the molecule is Cc1ccc(NC(=O)c2cnn(C(C)(C)C)c2-c2ccc(F)cc2)cc1C.